The number of carbonyl (C=O) groups excluding carboxylic acids is 3. The second kappa shape index (κ2) is 7.59. The number of carbonyl (C=O) groups is 3. The van der Waals surface area contributed by atoms with Crippen LogP contribution in [0.3, 0.4) is 0 Å². The summed E-state index contributed by atoms with van der Waals surface area (Å²) in [5, 5.41) is 1.89. The molecule has 0 aromatic heterocycles. The van der Waals surface area contributed by atoms with Gasteiger partial charge in [0.2, 0.25) is 0 Å². The van der Waals surface area contributed by atoms with Gasteiger partial charge in [-0.15, -0.1) is 0 Å². The number of methoxy groups -OCH3 is 1. The van der Waals surface area contributed by atoms with E-state index in [2.05, 4.69) is 6.58 Å². The largest absolute Gasteiger partial charge is 0.466 e. The number of halogens is 2. The highest BCUT2D eigenvalue weighted by Gasteiger charge is 2.41. The zero-order chi connectivity index (χ0) is 21.6. The van der Waals surface area contributed by atoms with Crippen LogP contribution in [0.4, 0.5) is 0 Å². The Balaban J connectivity index is 1.94. The molecule has 0 unspecified atom stereocenters. The number of nitrogens with zero attached hydrogens (tertiary/aromatic N) is 1. The zero-order valence-electron chi connectivity index (χ0n) is 15.8. The molecular weight excluding hydrogens is 425 g/mol. The molecule has 2 amide bonds. The molecule has 0 N–H and O–H groups in total. The molecule has 1 atom stereocenters. The highest BCUT2D eigenvalue weighted by molar-refractivity contribution is 6.42. The van der Waals surface area contributed by atoms with Crippen LogP contribution in [0.25, 0.3) is 10.8 Å². The molecule has 7 heteroatoms. The summed E-state index contributed by atoms with van der Waals surface area (Å²) in [6, 6.07) is 14.0. The number of esters is 1. The quantitative estimate of drug-likeness (QED) is 0.317. The number of hydrogen-bond donors (Lipinski definition) is 0. The molecule has 30 heavy (non-hydrogen) atoms. The molecule has 1 aliphatic heterocycles. The Morgan fingerprint density at radius 2 is 1.57 bits per heavy atom. The van der Waals surface area contributed by atoms with E-state index in [-0.39, 0.29) is 10.6 Å². The number of ether oxygens (including phenoxy) is 1. The molecule has 150 valence electrons. The molecule has 0 bridgehead atoms. The van der Waals surface area contributed by atoms with Crippen molar-refractivity contribution in [2.24, 2.45) is 0 Å². The van der Waals surface area contributed by atoms with Crippen molar-refractivity contribution in [3.8, 4) is 0 Å². The lowest BCUT2D eigenvalue weighted by Gasteiger charge is -2.34. The van der Waals surface area contributed by atoms with Crippen LogP contribution in [-0.4, -0.2) is 29.8 Å². The smallest absolute Gasteiger partial charge is 0.335 e. The zero-order valence-corrected chi connectivity index (χ0v) is 17.3. The lowest BCUT2D eigenvalue weighted by atomic mass is 9.90. The Hall–Kier alpha value is -3.15. The van der Waals surface area contributed by atoms with E-state index < -0.39 is 23.8 Å². The molecule has 3 aromatic rings. The van der Waals surface area contributed by atoms with E-state index in [0.717, 1.165) is 10.3 Å². The minimum Gasteiger partial charge on any atom is -0.466 e. The highest BCUT2D eigenvalue weighted by atomic mass is 35.5. The van der Waals surface area contributed by atoms with Crippen molar-refractivity contribution < 1.29 is 19.1 Å². The summed E-state index contributed by atoms with van der Waals surface area (Å²) in [4.78, 5) is 40.3. The fourth-order valence-electron chi connectivity index (χ4n) is 3.71. The average Bonchev–Trinajstić information content (AvgIpc) is 2.76. The van der Waals surface area contributed by atoms with E-state index in [1.165, 1.54) is 19.2 Å². The number of amides is 2. The van der Waals surface area contributed by atoms with E-state index in [1.807, 2.05) is 12.1 Å². The van der Waals surface area contributed by atoms with Crippen molar-refractivity contribution in [1.82, 2.24) is 4.90 Å². The molecule has 3 aromatic carbocycles. The van der Waals surface area contributed by atoms with Crippen molar-refractivity contribution in [3.05, 3.63) is 93.5 Å². The fourth-order valence-corrected chi connectivity index (χ4v) is 4.02. The molecule has 1 heterocycles. The van der Waals surface area contributed by atoms with Crippen LogP contribution in [-0.2, 0) is 9.53 Å². The van der Waals surface area contributed by atoms with Gasteiger partial charge in [-0.1, -0.05) is 60.1 Å². The first-order valence-electron chi connectivity index (χ1n) is 8.97. The first kappa shape index (κ1) is 20.1. The number of hydrogen-bond acceptors (Lipinski definition) is 4. The van der Waals surface area contributed by atoms with Gasteiger partial charge in [0.15, 0.2) is 0 Å². The van der Waals surface area contributed by atoms with Crippen LogP contribution >= 0.6 is 23.2 Å². The molecule has 0 fully saturated rings. The molecule has 0 aliphatic carbocycles. The monoisotopic (exact) mass is 439 g/mol. The predicted octanol–water partition coefficient (Wildman–Crippen LogP) is 5.21. The first-order chi connectivity index (χ1) is 14.3. The van der Waals surface area contributed by atoms with E-state index in [9.17, 15) is 14.4 Å². The lowest BCUT2D eigenvalue weighted by Crippen LogP contribution is -2.44. The third kappa shape index (κ3) is 3.07. The van der Waals surface area contributed by atoms with Crippen molar-refractivity contribution in [2.45, 2.75) is 6.04 Å². The molecule has 0 radical (unpaired) electrons. The Morgan fingerprint density at radius 1 is 0.967 bits per heavy atom. The highest BCUT2D eigenvalue weighted by Crippen LogP contribution is 2.39. The molecule has 5 nitrogen and oxygen atoms in total. The molecular formula is C23H15Cl2NO4. The van der Waals surface area contributed by atoms with Gasteiger partial charge >= 0.3 is 5.97 Å². The predicted molar refractivity (Wildman–Crippen MR) is 115 cm³/mol. The van der Waals surface area contributed by atoms with Crippen LogP contribution in [0, 0.1) is 0 Å². The van der Waals surface area contributed by atoms with Gasteiger partial charge in [-0.05, 0) is 35.2 Å². The normalized spacial score (nSPS) is 14.0. The lowest BCUT2D eigenvalue weighted by molar-refractivity contribution is -0.136. The van der Waals surface area contributed by atoms with Gasteiger partial charge in [-0.25, -0.2) is 4.79 Å². The van der Waals surface area contributed by atoms with Crippen LogP contribution in [0.15, 0.2) is 66.7 Å². The summed E-state index contributed by atoms with van der Waals surface area (Å²) in [7, 11) is 1.20. The number of rotatable bonds is 4. The van der Waals surface area contributed by atoms with Gasteiger partial charge < -0.3 is 4.74 Å². The van der Waals surface area contributed by atoms with Crippen LogP contribution in [0.1, 0.15) is 32.3 Å². The maximum absolute atomic E-state index is 13.4. The summed E-state index contributed by atoms with van der Waals surface area (Å²) < 4.78 is 4.81. The van der Waals surface area contributed by atoms with Crippen molar-refractivity contribution in [1.29, 1.82) is 0 Å². The van der Waals surface area contributed by atoms with Crippen LogP contribution < -0.4 is 0 Å². The topological polar surface area (TPSA) is 63.7 Å². The fraction of sp³-hybridized carbons (Fsp3) is 0.0870. The van der Waals surface area contributed by atoms with Gasteiger partial charge in [0, 0.05) is 16.5 Å². The van der Waals surface area contributed by atoms with Crippen LogP contribution in [0.5, 0.6) is 0 Å². The van der Waals surface area contributed by atoms with E-state index >= 15 is 0 Å². The molecule has 4 rings (SSSR count). The maximum Gasteiger partial charge on any atom is 0.335 e. The third-order valence-electron chi connectivity index (χ3n) is 5.10. The summed E-state index contributed by atoms with van der Waals surface area (Å²) in [6.45, 7) is 3.81. The third-order valence-corrected chi connectivity index (χ3v) is 5.84. The van der Waals surface area contributed by atoms with Gasteiger partial charge in [-0.3, -0.25) is 14.5 Å². The van der Waals surface area contributed by atoms with E-state index in [0.29, 0.717) is 27.1 Å². The molecule has 0 saturated heterocycles. The van der Waals surface area contributed by atoms with Crippen LogP contribution in [0.2, 0.25) is 10.0 Å². The summed E-state index contributed by atoms with van der Waals surface area (Å²) >= 11 is 12.2. The second-order valence-electron chi connectivity index (χ2n) is 6.78. The average molecular weight is 440 g/mol. The van der Waals surface area contributed by atoms with Crippen molar-refractivity contribution >= 4 is 51.8 Å². The minimum atomic E-state index is -1.11. The second-order valence-corrected chi connectivity index (χ2v) is 7.60. The number of benzene rings is 3. The maximum atomic E-state index is 13.4. The summed E-state index contributed by atoms with van der Waals surface area (Å²) in [5.74, 6) is -1.82. The molecule has 1 aliphatic rings. The van der Waals surface area contributed by atoms with Gasteiger partial charge in [0.25, 0.3) is 11.8 Å². The standard InChI is InChI=1S/C23H15Cl2NO4/c1-12(23(29)30-2)20(14-9-10-17(24)18(25)11-14)26-21(27)15-7-3-5-13-6-4-8-16(19(13)15)22(26)28/h3-11,20H,1H2,2H3/t20-/m0/s1. The minimum absolute atomic E-state index is 0.0795. The van der Waals surface area contributed by atoms with E-state index in [1.54, 1.807) is 30.3 Å². The molecule has 0 spiro atoms. The van der Waals surface area contributed by atoms with Gasteiger partial charge in [0.05, 0.1) is 28.8 Å². The first-order valence-corrected chi connectivity index (χ1v) is 9.72. The van der Waals surface area contributed by atoms with Crippen molar-refractivity contribution in [3.63, 3.8) is 0 Å². The summed E-state index contributed by atoms with van der Waals surface area (Å²) in [5.41, 5.74) is 1.06. The van der Waals surface area contributed by atoms with Gasteiger partial charge in [-0.2, -0.15) is 0 Å². The Kier molecular flexibility index (Phi) is 5.10. The Morgan fingerprint density at radius 3 is 2.10 bits per heavy atom. The van der Waals surface area contributed by atoms with Crippen molar-refractivity contribution in [2.75, 3.05) is 7.11 Å². The molecule has 0 saturated carbocycles. The Bertz CT molecular complexity index is 1200. The number of imide groups is 1. The van der Waals surface area contributed by atoms with E-state index in [4.69, 9.17) is 27.9 Å². The summed E-state index contributed by atoms with van der Waals surface area (Å²) in [6.07, 6.45) is 0. The Labute approximate surface area is 182 Å². The van der Waals surface area contributed by atoms with Gasteiger partial charge in [0.1, 0.15) is 0 Å². The SMILES string of the molecule is C=C(C(=O)OC)[C@@H](c1ccc(Cl)c(Cl)c1)N1C(=O)c2cccc3cccc(c23)C1=O.